The van der Waals surface area contributed by atoms with Crippen molar-refractivity contribution in [1.82, 2.24) is 0 Å². The van der Waals surface area contributed by atoms with E-state index in [1.165, 1.54) is 5.56 Å². The molecule has 0 aliphatic heterocycles. The molecule has 0 aromatic heterocycles. The van der Waals surface area contributed by atoms with E-state index in [1.54, 1.807) is 0 Å². The molecule has 0 fully saturated rings. The van der Waals surface area contributed by atoms with Gasteiger partial charge >= 0.3 is 0 Å². The van der Waals surface area contributed by atoms with Gasteiger partial charge in [0.05, 0.1) is 6.10 Å². The van der Waals surface area contributed by atoms with Crippen LogP contribution < -0.4 is 0 Å². The highest BCUT2D eigenvalue weighted by molar-refractivity contribution is 5.74. The van der Waals surface area contributed by atoms with E-state index in [0.717, 1.165) is 19.1 Å². The van der Waals surface area contributed by atoms with Gasteiger partial charge in [0.2, 0.25) is 0 Å². The monoisotopic (exact) mass is 234 g/mol. The summed E-state index contributed by atoms with van der Waals surface area (Å²) in [5, 5.41) is 9.37. The summed E-state index contributed by atoms with van der Waals surface area (Å²) in [5.74, 6) is 0.987. The number of aliphatic hydroxyl groups excluding tert-OH is 1. The topological polar surface area (TPSA) is 37.3 Å². The average Bonchev–Trinajstić information content (AvgIpc) is 2.29. The minimum absolute atomic E-state index is 0.245. The van der Waals surface area contributed by atoms with Gasteiger partial charge in [0.1, 0.15) is 6.29 Å². The third kappa shape index (κ3) is 4.31. The van der Waals surface area contributed by atoms with Crippen LogP contribution in [0.5, 0.6) is 0 Å². The summed E-state index contributed by atoms with van der Waals surface area (Å²) in [6.45, 7) is 6.22. The van der Waals surface area contributed by atoms with Crippen LogP contribution in [0.3, 0.4) is 0 Å². The lowest BCUT2D eigenvalue weighted by Crippen LogP contribution is -2.10. The number of aliphatic hydroxyl groups is 1. The summed E-state index contributed by atoms with van der Waals surface area (Å²) in [6.07, 6.45) is 2.42. The quantitative estimate of drug-likeness (QED) is 0.766. The Bertz CT molecular complexity index is 338. The van der Waals surface area contributed by atoms with Crippen LogP contribution in [0.4, 0.5) is 0 Å². The molecule has 1 N–H and O–H groups in total. The fourth-order valence-corrected chi connectivity index (χ4v) is 2.13. The minimum atomic E-state index is -0.245. The first-order chi connectivity index (χ1) is 8.04. The zero-order valence-corrected chi connectivity index (χ0v) is 10.9. The van der Waals surface area contributed by atoms with Crippen molar-refractivity contribution in [3.05, 3.63) is 35.4 Å². The van der Waals surface area contributed by atoms with Crippen LogP contribution in [-0.2, 0) is 0 Å². The molecule has 1 aromatic rings. The van der Waals surface area contributed by atoms with Crippen molar-refractivity contribution in [1.29, 1.82) is 0 Å². The molecule has 94 valence electrons. The number of hydrogen-bond acceptors (Lipinski definition) is 2. The zero-order valence-electron chi connectivity index (χ0n) is 10.9. The van der Waals surface area contributed by atoms with E-state index in [0.29, 0.717) is 17.4 Å². The van der Waals surface area contributed by atoms with Crippen molar-refractivity contribution in [2.24, 2.45) is 5.92 Å². The van der Waals surface area contributed by atoms with E-state index in [9.17, 15) is 9.90 Å². The first-order valence-corrected chi connectivity index (χ1v) is 6.27. The molecule has 0 saturated heterocycles. The predicted molar refractivity (Wildman–Crippen MR) is 70.3 cm³/mol. The molecular formula is C15H22O2. The Labute approximate surface area is 104 Å². The van der Waals surface area contributed by atoms with Gasteiger partial charge < -0.3 is 5.11 Å². The number of carbonyl (C=O) groups excluding carboxylic acids is 1. The molecule has 0 aliphatic rings. The molecule has 2 nitrogen and oxygen atoms in total. The van der Waals surface area contributed by atoms with Gasteiger partial charge in [-0.25, -0.2) is 0 Å². The second-order valence-electron chi connectivity index (χ2n) is 5.06. The maximum atomic E-state index is 10.6. The number of hydrogen-bond donors (Lipinski definition) is 1. The minimum Gasteiger partial charge on any atom is -0.393 e. The fraction of sp³-hybridized carbons (Fsp3) is 0.533. The lowest BCUT2D eigenvalue weighted by molar-refractivity contribution is 0.112. The van der Waals surface area contributed by atoms with E-state index in [4.69, 9.17) is 0 Å². The molecule has 17 heavy (non-hydrogen) atoms. The molecule has 0 amide bonds. The third-order valence-corrected chi connectivity index (χ3v) is 3.20. The molecule has 0 aliphatic carbocycles. The maximum absolute atomic E-state index is 10.6. The largest absolute Gasteiger partial charge is 0.393 e. The van der Waals surface area contributed by atoms with Crippen molar-refractivity contribution < 1.29 is 9.90 Å². The molecule has 1 unspecified atom stereocenters. The van der Waals surface area contributed by atoms with Crippen molar-refractivity contribution >= 4 is 6.29 Å². The summed E-state index contributed by atoms with van der Waals surface area (Å²) < 4.78 is 0. The van der Waals surface area contributed by atoms with Crippen LogP contribution >= 0.6 is 0 Å². The summed E-state index contributed by atoms with van der Waals surface area (Å²) in [4.78, 5) is 10.6. The van der Waals surface area contributed by atoms with Gasteiger partial charge in [0, 0.05) is 5.56 Å². The molecule has 0 radical (unpaired) electrons. The second-order valence-corrected chi connectivity index (χ2v) is 5.06. The lowest BCUT2D eigenvalue weighted by Gasteiger charge is -2.22. The van der Waals surface area contributed by atoms with Crippen molar-refractivity contribution in [3.63, 3.8) is 0 Å². The van der Waals surface area contributed by atoms with Gasteiger partial charge in [-0.1, -0.05) is 38.1 Å². The van der Waals surface area contributed by atoms with Crippen LogP contribution in [0.2, 0.25) is 0 Å². The van der Waals surface area contributed by atoms with Crippen LogP contribution in [0.25, 0.3) is 0 Å². The molecule has 0 bridgehead atoms. The summed E-state index contributed by atoms with van der Waals surface area (Å²) in [7, 11) is 0. The molecule has 2 atom stereocenters. The van der Waals surface area contributed by atoms with Crippen LogP contribution in [0.1, 0.15) is 55.5 Å². The van der Waals surface area contributed by atoms with Crippen molar-refractivity contribution in [3.8, 4) is 0 Å². The Balaban J connectivity index is 2.78. The molecule has 2 heteroatoms. The standard InChI is InChI=1S/C15H22O2/c1-11(2)15(9-4-12(3)17)14-7-5-13(10-16)6-8-14/h5-8,10-12,15,17H,4,9H2,1-3H3/t12-,15?/m0/s1. The van der Waals surface area contributed by atoms with Crippen LogP contribution in [0.15, 0.2) is 24.3 Å². The first kappa shape index (κ1) is 13.9. The predicted octanol–water partition coefficient (Wildman–Crippen LogP) is 3.40. The van der Waals surface area contributed by atoms with Gasteiger partial charge in [0.15, 0.2) is 0 Å². The van der Waals surface area contributed by atoms with Gasteiger partial charge in [-0.05, 0) is 37.2 Å². The van der Waals surface area contributed by atoms with Gasteiger partial charge in [0.25, 0.3) is 0 Å². The summed E-state index contributed by atoms with van der Waals surface area (Å²) in [5.41, 5.74) is 1.97. The van der Waals surface area contributed by atoms with Gasteiger partial charge in [-0.2, -0.15) is 0 Å². The highest BCUT2D eigenvalue weighted by Crippen LogP contribution is 2.29. The smallest absolute Gasteiger partial charge is 0.150 e. The molecule has 0 saturated carbocycles. The van der Waals surface area contributed by atoms with Crippen LogP contribution in [0, 0.1) is 5.92 Å². The van der Waals surface area contributed by atoms with E-state index in [1.807, 2.05) is 31.2 Å². The highest BCUT2D eigenvalue weighted by atomic mass is 16.3. The normalized spacial score (nSPS) is 14.6. The van der Waals surface area contributed by atoms with Crippen molar-refractivity contribution in [2.45, 2.75) is 45.6 Å². The Morgan fingerprint density at radius 1 is 1.12 bits per heavy atom. The summed E-state index contributed by atoms with van der Waals surface area (Å²) >= 11 is 0. The lowest BCUT2D eigenvalue weighted by atomic mass is 9.84. The fourth-order valence-electron chi connectivity index (χ4n) is 2.13. The molecule has 1 rings (SSSR count). The van der Waals surface area contributed by atoms with E-state index < -0.39 is 0 Å². The zero-order chi connectivity index (χ0) is 12.8. The van der Waals surface area contributed by atoms with E-state index in [-0.39, 0.29) is 6.10 Å². The Morgan fingerprint density at radius 2 is 1.71 bits per heavy atom. The third-order valence-electron chi connectivity index (χ3n) is 3.20. The molecular weight excluding hydrogens is 212 g/mol. The second kappa shape index (κ2) is 6.55. The van der Waals surface area contributed by atoms with Gasteiger partial charge in [-0.15, -0.1) is 0 Å². The summed E-state index contributed by atoms with van der Waals surface area (Å²) in [6, 6.07) is 7.77. The molecule has 0 heterocycles. The van der Waals surface area contributed by atoms with Crippen LogP contribution in [-0.4, -0.2) is 17.5 Å². The SMILES string of the molecule is CC(C)C(CC[C@H](C)O)c1ccc(C=O)cc1. The first-order valence-electron chi connectivity index (χ1n) is 6.27. The van der Waals surface area contributed by atoms with Gasteiger partial charge in [-0.3, -0.25) is 4.79 Å². The number of rotatable bonds is 6. The average molecular weight is 234 g/mol. The van der Waals surface area contributed by atoms with E-state index in [2.05, 4.69) is 13.8 Å². The number of benzene rings is 1. The molecule has 1 aromatic carbocycles. The Hall–Kier alpha value is -1.15. The maximum Gasteiger partial charge on any atom is 0.150 e. The Kier molecular flexibility index (Phi) is 5.36. The molecule has 0 spiro atoms. The highest BCUT2D eigenvalue weighted by Gasteiger charge is 2.16. The van der Waals surface area contributed by atoms with E-state index >= 15 is 0 Å². The number of aldehydes is 1. The Morgan fingerprint density at radius 3 is 2.12 bits per heavy atom. The van der Waals surface area contributed by atoms with Crippen molar-refractivity contribution in [2.75, 3.05) is 0 Å². The number of carbonyl (C=O) groups is 1.